The molecule has 0 bridgehead atoms. The Morgan fingerprint density at radius 3 is 2.84 bits per heavy atom. The molecule has 9 nitrogen and oxygen atoms in total. The van der Waals surface area contributed by atoms with Crippen molar-refractivity contribution in [2.24, 2.45) is 5.92 Å². The van der Waals surface area contributed by atoms with Gasteiger partial charge >= 0.3 is 0 Å². The van der Waals surface area contributed by atoms with Gasteiger partial charge in [-0.05, 0) is 6.42 Å². The smallest absolute Gasteiger partial charge is 0.282 e. The summed E-state index contributed by atoms with van der Waals surface area (Å²) in [4.78, 5) is 30.5. The van der Waals surface area contributed by atoms with E-state index < -0.39 is 23.2 Å². The van der Waals surface area contributed by atoms with Gasteiger partial charge in [0.25, 0.3) is 5.56 Å². The van der Waals surface area contributed by atoms with Crippen molar-refractivity contribution in [1.29, 1.82) is 0 Å². The van der Waals surface area contributed by atoms with Gasteiger partial charge in [0.1, 0.15) is 17.6 Å². The summed E-state index contributed by atoms with van der Waals surface area (Å²) < 4.78 is 15.4. The second-order valence-electron chi connectivity index (χ2n) is 6.17. The summed E-state index contributed by atoms with van der Waals surface area (Å²) in [5, 5.41) is 19.2. The molecule has 0 spiro atoms. The van der Waals surface area contributed by atoms with Crippen LogP contribution in [-0.2, 0) is 4.79 Å². The molecule has 0 saturated carbocycles. The third-order valence-corrected chi connectivity index (χ3v) is 5.73. The molecule has 11 heteroatoms. The van der Waals surface area contributed by atoms with E-state index in [9.17, 15) is 19.1 Å². The molecule has 0 aliphatic carbocycles. The van der Waals surface area contributed by atoms with E-state index in [1.807, 2.05) is 6.92 Å². The number of nitrogens with zero attached hydrogens (tertiary/aromatic N) is 4. The van der Waals surface area contributed by atoms with Crippen LogP contribution in [0.15, 0.2) is 4.79 Å². The summed E-state index contributed by atoms with van der Waals surface area (Å²) in [6, 6.07) is 0. The van der Waals surface area contributed by atoms with Crippen molar-refractivity contribution in [2.75, 3.05) is 5.32 Å². The minimum atomic E-state index is -1.40. The van der Waals surface area contributed by atoms with Crippen molar-refractivity contribution in [3.63, 3.8) is 0 Å². The van der Waals surface area contributed by atoms with Crippen LogP contribution < -0.4 is 10.9 Å². The second-order valence-corrected chi connectivity index (χ2v) is 7.53. The number of aromatic amines is 1. The van der Waals surface area contributed by atoms with Gasteiger partial charge in [-0.1, -0.05) is 26.0 Å². The number of nitrogens with one attached hydrogen (secondary N) is 2. The average molecular weight is 370 g/mol. The Balaban J connectivity index is 2.01. The number of amides is 1. The quantitative estimate of drug-likeness (QED) is 0.728. The minimum absolute atomic E-state index is 0.0364. The van der Waals surface area contributed by atoms with Gasteiger partial charge in [0, 0.05) is 11.2 Å². The van der Waals surface area contributed by atoms with E-state index in [1.54, 1.807) is 13.8 Å². The molecule has 1 aliphatic rings. The monoisotopic (exact) mass is 370 g/mol. The molecule has 1 aliphatic heterocycles. The first-order valence-corrected chi connectivity index (χ1v) is 8.91. The largest absolute Gasteiger partial charge is 0.387 e. The van der Waals surface area contributed by atoms with Crippen molar-refractivity contribution in [3.8, 4) is 0 Å². The van der Waals surface area contributed by atoms with Crippen LogP contribution in [0.25, 0.3) is 11.2 Å². The summed E-state index contributed by atoms with van der Waals surface area (Å²) in [6.45, 7) is 5.24. The van der Waals surface area contributed by atoms with Gasteiger partial charge in [0.05, 0.1) is 0 Å². The Labute approximate surface area is 146 Å². The molecule has 3 N–H and O–H groups in total. The molecule has 0 radical (unpaired) electrons. The lowest BCUT2D eigenvalue weighted by Crippen LogP contribution is -2.28. The molecule has 0 aromatic carbocycles. The fourth-order valence-corrected chi connectivity index (χ4v) is 4.00. The molecule has 2 aromatic heterocycles. The Hall–Kier alpha value is -2.01. The Morgan fingerprint density at radius 2 is 2.24 bits per heavy atom. The van der Waals surface area contributed by atoms with Gasteiger partial charge in [-0.25, -0.2) is 9.07 Å². The standard InChI is InChI=1S/C14H19FN6O3S/c1-4-6-7(15)9(22)13(25-6)21-10-8(19-20-21)12(24)18-14(16-10)17-11(23)5(2)3/h5-7,9,13,22H,4H2,1-3H3,(H2,16,17,18,23,24)/t6-,7?,9+,13-/m1/s1. The zero-order chi connectivity index (χ0) is 18.3. The first-order valence-electron chi connectivity index (χ1n) is 7.97. The first-order chi connectivity index (χ1) is 11.8. The van der Waals surface area contributed by atoms with Crippen molar-refractivity contribution >= 4 is 34.8 Å². The summed E-state index contributed by atoms with van der Waals surface area (Å²) in [7, 11) is 0. The number of carbonyl (C=O) groups excluding carboxylic acids is 1. The SMILES string of the molecule is CC[C@H]1S[C@@H](n2nnc3c(=O)[nH]c(NC(=O)C(C)C)nc32)[C@@H](O)C1F. The molecule has 1 unspecified atom stereocenters. The number of halogens is 1. The van der Waals surface area contributed by atoms with Crippen LogP contribution in [-0.4, -0.2) is 53.5 Å². The Morgan fingerprint density at radius 1 is 1.52 bits per heavy atom. The highest BCUT2D eigenvalue weighted by atomic mass is 32.2. The fourth-order valence-electron chi connectivity index (χ4n) is 2.57. The number of hydrogen-bond donors (Lipinski definition) is 3. The van der Waals surface area contributed by atoms with Gasteiger partial charge in [0.15, 0.2) is 11.2 Å². The van der Waals surface area contributed by atoms with Gasteiger partial charge < -0.3 is 5.11 Å². The maximum Gasteiger partial charge on any atom is 0.282 e. The number of alkyl halides is 1. The number of thioether (sulfide) groups is 1. The number of anilines is 1. The van der Waals surface area contributed by atoms with Crippen LogP contribution in [0.5, 0.6) is 0 Å². The molecule has 3 rings (SSSR count). The summed E-state index contributed by atoms with van der Waals surface area (Å²) >= 11 is 1.23. The fraction of sp³-hybridized carbons (Fsp3) is 0.643. The highest BCUT2D eigenvalue weighted by Gasteiger charge is 2.45. The molecular weight excluding hydrogens is 351 g/mol. The lowest BCUT2D eigenvalue weighted by atomic mass is 10.1. The summed E-state index contributed by atoms with van der Waals surface area (Å²) in [6.07, 6.45) is -2.13. The third kappa shape index (κ3) is 3.13. The maximum atomic E-state index is 14.2. The molecule has 1 amide bonds. The van der Waals surface area contributed by atoms with E-state index in [-0.39, 0.29) is 34.2 Å². The van der Waals surface area contributed by atoms with Crippen LogP contribution in [0.2, 0.25) is 0 Å². The molecule has 1 fully saturated rings. The number of H-pyrrole nitrogens is 1. The van der Waals surface area contributed by atoms with E-state index in [0.717, 1.165) is 0 Å². The van der Waals surface area contributed by atoms with Gasteiger partial charge in [-0.2, -0.15) is 4.98 Å². The van der Waals surface area contributed by atoms with Crippen LogP contribution >= 0.6 is 11.8 Å². The van der Waals surface area contributed by atoms with Crippen molar-refractivity contribution in [1.82, 2.24) is 25.0 Å². The van der Waals surface area contributed by atoms with Crippen LogP contribution in [0.3, 0.4) is 0 Å². The van der Waals surface area contributed by atoms with E-state index in [0.29, 0.717) is 6.42 Å². The maximum absolute atomic E-state index is 14.2. The summed E-state index contributed by atoms with van der Waals surface area (Å²) in [5.41, 5.74) is -0.523. The van der Waals surface area contributed by atoms with Crippen LogP contribution in [0.4, 0.5) is 10.3 Å². The Bertz CT molecular complexity index is 853. The van der Waals surface area contributed by atoms with E-state index in [2.05, 4.69) is 25.6 Å². The molecule has 2 aromatic rings. The predicted octanol–water partition coefficient (Wildman–Crippen LogP) is 0.832. The number of rotatable bonds is 4. The number of aliphatic hydroxyl groups excluding tert-OH is 1. The lowest BCUT2D eigenvalue weighted by molar-refractivity contribution is -0.118. The zero-order valence-electron chi connectivity index (χ0n) is 13.9. The molecular formula is C14H19FN6O3S. The number of fused-ring (bicyclic) bond motifs is 1. The highest BCUT2D eigenvalue weighted by molar-refractivity contribution is 8.00. The number of carbonyl (C=O) groups is 1. The summed E-state index contributed by atoms with van der Waals surface area (Å²) in [5.74, 6) is -0.651. The van der Waals surface area contributed by atoms with E-state index in [1.165, 1.54) is 16.4 Å². The number of hydrogen-bond acceptors (Lipinski definition) is 7. The highest BCUT2D eigenvalue weighted by Crippen LogP contribution is 2.44. The molecule has 4 atom stereocenters. The normalized spacial score (nSPS) is 26.5. The van der Waals surface area contributed by atoms with Gasteiger partial charge in [-0.15, -0.1) is 16.9 Å². The average Bonchev–Trinajstić information content (AvgIpc) is 3.10. The Kier molecular flexibility index (Phi) is 4.78. The molecule has 136 valence electrons. The van der Waals surface area contributed by atoms with Gasteiger partial charge in [0.2, 0.25) is 11.9 Å². The second kappa shape index (κ2) is 6.71. The lowest BCUT2D eigenvalue weighted by Gasteiger charge is -2.14. The molecule has 1 saturated heterocycles. The van der Waals surface area contributed by atoms with E-state index >= 15 is 0 Å². The number of aromatic nitrogens is 5. The van der Waals surface area contributed by atoms with Crippen molar-refractivity contribution in [2.45, 2.75) is 50.1 Å². The third-order valence-electron chi connectivity index (χ3n) is 4.03. The predicted molar refractivity (Wildman–Crippen MR) is 91.0 cm³/mol. The minimum Gasteiger partial charge on any atom is -0.387 e. The topological polar surface area (TPSA) is 126 Å². The molecule has 3 heterocycles. The molecule has 25 heavy (non-hydrogen) atoms. The van der Waals surface area contributed by atoms with Gasteiger partial charge in [-0.3, -0.25) is 19.9 Å². The van der Waals surface area contributed by atoms with Crippen molar-refractivity contribution < 1.29 is 14.3 Å². The van der Waals surface area contributed by atoms with Crippen molar-refractivity contribution in [3.05, 3.63) is 10.4 Å². The number of aliphatic hydroxyl groups is 1. The van der Waals surface area contributed by atoms with Crippen LogP contribution in [0, 0.1) is 5.92 Å². The van der Waals surface area contributed by atoms with Crippen LogP contribution in [0.1, 0.15) is 32.6 Å². The van der Waals surface area contributed by atoms with E-state index in [4.69, 9.17) is 0 Å². The first kappa shape index (κ1) is 17.8. The zero-order valence-corrected chi connectivity index (χ0v) is 14.7.